The summed E-state index contributed by atoms with van der Waals surface area (Å²) in [5, 5.41) is 9.40. The quantitative estimate of drug-likeness (QED) is 0.704. The van der Waals surface area contributed by atoms with Crippen LogP contribution in [0.25, 0.3) is 0 Å². The second-order valence-corrected chi connectivity index (χ2v) is 5.06. The molecule has 3 N–H and O–H groups in total. The van der Waals surface area contributed by atoms with Crippen molar-refractivity contribution in [1.29, 1.82) is 0 Å². The number of ether oxygens (including phenoxy) is 1. The van der Waals surface area contributed by atoms with Gasteiger partial charge in [-0.3, -0.25) is 0 Å². The van der Waals surface area contributed by atoms with Crippen LogP contribution in [0.2, 0.25) is 0 Å². The van der Waals surface area contributed by atoms with E-state index < -0.39 is 6.10 Å². The van der Waals surface area contributed by atoms with E-state index in [4.69, 9.17) is 10.5 Å². The highest BCUT2D eigenvalue weighted by molar-refractivity contribution is 5.05. The predicted molar refractivity (Wildman–Crippen MR) is 57.0 cm³/mol. The number of rotatable bonds is 5. The molecule has 1 aliphatic rings. The molecule has 0 radical (unpaired) electrons. The molecule has 1 fully saturated rings. The van der Waals surface area contributed by atoms with Gasteiger partial charge in [0.05, 0.1) is 17.8 Å². The largest absolute Gasteiger partial charge is 0.391 e. The predicted octanol–water partition coefficient (Wildman–Crippen LogP) is 1.29. The van der Waals surface area contributed by atoms with E-state index in [9.17, 15) is 5.11 Å². The monoisotopic (exact) mass is 201 g/mol. The summed E-state index contributed by atoms with van der Waals surface area (Å²) in [5.74, 6) is 0. The van der Waals surface area contributed by atoms with Crippen LogP contribution in [-0.4, -0.2) is 29.5 Å². The zero-order valence-corrected chi connectivity index (χ0v) is 9.71. The van der Waals surface area contributed by atoms with E-state index in [2.05, 4.69) is 13.8 Å². The van der Waals surface area contributed by atoms with Crippen LogP contribution in [0.5, 0.6) is 0 Å². The number of aliphatic hydroxyl groups excluding tert-OH is 1. The Morgan fingerprint density at radius 3 is 2.29 bits per heavy atom. The standard InChI is InChI=1S/C11H23NO2/c1-8(13)9(2)14-11(4,7-12)10(3)5-6-10/h8-9,13H,5-7,12H2,1-4H3. The summed E-state index contributed by atoms with van der Waals surface area (Å²) in [6.45, 7) is 8.41. The molecule has 1 aliphatic carbocycles. The van der Waals surface area contributed by atoms with Crippen molar-refractivity contribution in [3.63, 3.8) is 0 Å². The molecule has 3 heteroatoms. The molecule has 3 nitrogen and oxygen atoms in total. The highest BCUT2D eigenvalue weighted by atomic mass is 16.5. The fourth-order valence-corrected chi connectivity index (χ4v) is 1.66. The Morgan fingerprint density at radius 1 is 1.50 bits per heavy atom. The van der Waals surface area contributed by atoms with Crippen LogP contribution in [0.3, 0.4) is 0 Å². The molecule has 0 aromatic carbocycles. The van der Waals surface area contributed by atoms with E-state index in [-0.39, 0.29) is 17.1 Å². The summed E-state index contributed by atoms with van der Waals surface area (Å²) in [7, 11) is 0. The van der Waals surface area contributed by atoms with Crippen LogP contribution in [0.15, 0.2) is 0 Å². The normalized spacial score (nSPS) is 27.9. The van der Waals surface area contributed by atoms with Gasteiger partial charge in [0.15, 0.2) is 0 Å². The maximum atomic E-state index is 9.40. The smallest absolute Gasteiger partial charge is 0.0834 e. The summed E-state index contributed by atoms with van der Waals surface area (Å²) >= 11 is 0. The first kappa shape index (κ1) is 12.0. The molecule has 0 spiro atoms. The minimum Gasteiger partial charge on any atom is -0.391 e. The van der Waals surface area contributed by atoms with Gasteiger partial charge in [-0.05, 0) is 39.0 Å². The van der Waals surface area contributed by atoms with Gasteiger partial charge < -0.3 is 15.6 Å². The van der Waals surface area contributed by atoms with Gasteiger partial charge in [-0.2, -0.15) is 0 Å². The summed E-state index contributed by atoms with van der Waals surface area (Å²) in [4.78, 5) is 0. The van der Waals surface area contributed by atoms with Crippen molar-refractivity contribution in [1.82, 2.24) is 0 Å². The average molecular weight is 201 g/mol. The van der Waals surface area contributed by atoms with Crippen LogP contribution in [0.4, 0.5) is 0 Å². The second-order valence-electron chi connectivity index (χ2n) is 5.06. The van der Waals surface area contributed by atoms with Crippen LogP contribution in [0.1, 0.15) is 40.5 Å². The Morgan fingerprint density at radius 2 is 2.00 bits per heavy atom. The highest BCUT2D eigenvalue weighted by Crippen LogP contribution is 2.55. The van der Waals surface area contributed by atoms with Crippen molar-refractivity contribution in [3.8, 4) is 0 Å². The minimum absolute atomic E-state index is 0.152. The maximum absolute atomic E-state index is 9.40. The number of aliphatic hydroxyl groups is 1. The lowest BCUT2D eigenvalue weighted by atomic mass is 9.87. The molecule has 0 aliphatic heterocycles. The van der Waals surface area contributed by atoms with Gasteiger partial charge in [0.1, 0.15) is 0 Å². The van der Waals surface area contributed by atoms with Gasteiger partial charge in [0.2, 0.25) is 0 Å². The Bertz CT molecular complexity index is 201. The lowest BCUT2D eigenvalue weighted by molar-refractivity contribution is -0.141. The first-order valence-corrected chi connectivity index (χ1v) is 5.40. The fourth-order valence-electron chi connectivity index (χ4n) is 1.66. The van der Waals surface area contributed by atoms with Crippen LogP contribution < -0.4 is 5.73 Å². The average Bonchev–Trinajstić information content (AvgIpc) is 2.84. The molecule has 3 atom stereocenters. The molecule has 84 valence electrons. The minimum atomic E-state index is -0.441. The van der Waals surface area contributed by atoms with E-state index in [1.54, 1.807) is 6.92 Å². The highest BCUT2D eigenvalue weighted by Gasteiger charge is 2.54. The molecule has 1 saturated carbocycles. The molecular formula is C11H23NO2. The summed E-state index contributed by atoms with van der Waals surface area (Å²) in [6, 6.07) is 0. The van der Waals surface area contributed by atoms with E-state index in [1.807, 2.05) is 6.92 Å². The number of hydrogen-bond acceptors (Lipinski definition) is 3. The molecule has 0 saturated heterocycles. The van der Waals surface area contributed by atoms with E-state index >= 15 is 0 Å². The number of hydrogen-bond donors (Lipinski definition) is 2. The van der Waals surface area contributed by atoms with Crippen molar-refractivity contribution in [2.75, 3.05) is 6.54 Å². The van der Waals surface area contributed by atoms with Crippen LogP contribution in [0, 0.1) is 5.41 Å². The van der Waals surface area contributed by atoms with Gasteiger partial charge in [-0.1, -0.05) is 6.92 Å². The van der Waals surface area contributed by atoms with E-state index in [0.29, 0.717) is 6.54 Å². The fraction of sp³-hybridized carbons (Fsp3) is 1.00. The summed E-state index contributed by atoms with van der Waals surface area (Å²) in [5.41, 5.74) is 5.70. The Balaban J connectivity index is 2.62. The van der Waals surface area contributed by atoms with Gasteiger partial charge in [0.25, 0.3) is 0 Å². The van der Waals surface area contributed by atoms with Crippen molar-refractivity contribution in [2.24, 2.45) is 11.1 Å². The molecule has 0 bridgehead atoms. The lowest BCUT2D eigenvalue weighted by Gasteiger charge is -2.38. The topological polar surface area (TPSA) is 55.5 Å². The summed E-state index contributed by atoms with van der Waals surface area (Å²) < 4.78 is 5.90. The number of nitrogens with two attached hydrogens (primary N) is 1. The van der Waals surface area contributed by atoms with Crippen molar-refractivity contribution in [3.05, 3.63) is 0 Å². The molecule has 14 heavy (non-hydrogen) atoms. The molecule has 0 aromatic rings. The zero-order valence-electron chi connectivity index (χ0n) is 9.71. The van der Waals surface area contributed by atoms with Gasteiger partial charge in [-0.15, -0.1) is 0 Å². The first-order chi connectivity index (χ1) is 6.34. The van der Waals surface area contributed by atoms with Crippen LogP contribution in [-0.2, 0) is 4.74 Å². The Hall–Kier alpha value is -0.120. The Labute approximate surface area is 86.6 Å². The second kappa shape index (κ2) is 3.80. The van der Waals surface area contributed by atoms with Gasteiger partial charge in [-0.25, -0.2) is 0 Å². The molecule has 1 rings (SSSR count). The maximum Gasteiger partial charge on any atom is 0.0834 e. The van der Waals surface area contributed by atoms with E-state index in [1.165, 1.54) is 12.8 Å². The third-order valence-corrected chi connectivity index (χ3v) is 3.79. The zero-order chi connectivity index (χ0) is 11.0. The van der Waals surface area contributed by atoms with Gasteiger partial charge in [0, 0.05) is 6.54 Å². The molecule has 3 unspecified atom stereocenters. The van der Waals surface area contributed by atoms with Crippen molar-refractivity contribution >= 4 is 0 Å². The van der Waals surface area contributed by atoms with Crippen molar-refractivity contribution in [2.45, 2.75) is 58.3 Å². The van der Waals surface area contributed by atoms with Crippen LogP contribution >= 0.6 is 0 Å². The first-order valence-electron chi connectivity index (χ1n) is 5.40. The summed E-state index contributed by atoms with van der Waals surface area (Å²) in [6.07, 6.45) is 1.75. The third-order valence-electron chi connectivity index (χ3n) is 3.79. The molecular weight excluding hydrogens is 178 g/mol. The van der Waals surface area contributed by atoms with E-state index in [0.717, 1.165) is 0 Å². The Kier molecular flexibility index (Phi) is 3.24. The SMILES string of the molecule is CC(O)C(C)OC(C)(CN)C1(C)CC1. The molecule has 0 amide bonds. The van der Waals surface area contributed by atoms with Crippen molar-refractivity contribution < 1.29 is 9.84 Å². The third kappa shape index (κ3) is 2.10. The molecule has 0 aromatic heterocycles. The van der Waals surface area contributed by atoms with Gasteiger partial charge >= 0.3 is 0 Å². The lowest BCUT2D eigenvalue weighted by Crippen LogP contribution is -2.48. The molecule has 0 heterocycles.